The van der Waals surface area contributed by atoms with Gasteiger partial charge in [-0.15, -0.1) is 0 Å². The minimum absolute atomic E-state index is 0.0735. The van der Waals surface area contributed by atoms with Gasteiger partial charge in [0.1, 0.15) is 0 Å². The summed E-state index contributed by atoms with van der Waals surface area (Å²) >= 11 is 0. The van der Waals surface area contributed by atoms with Crippen LogP contribution < -0.4 is 11.1 Å². The average Bonchev–Trinajstić information content (AvgIpc) is 2.42. The van der Waals surface area contributed by atoms with E-state index < -0.39 is 0 Å². The monoisotopic (exact) mass is 249 g/mol. The maximum absolute atomic E-state index is 12.0. The summed E-state index contributed by atoms with van der Waals surface area (Å²) in [6.07, 6.45) is 0. The molecule has 5 heteroatoms. The molecular formula is C13H19N3O2. The predicted octanol–water partition coefficient (Wildman–Crippen LogP) is 1.32. The molecule has 1 aromatic carbocycles. The number of urea groups is 1. The Bertz CT molecular complexity index is 428. The van der Waals surface area contributed by atoms with E-state index in [1.807, 2.05) is 25.1 Å². The van der Waals surface area contributed by atoms with Crippen molar-refractivity contribution < 1.29 is 9.53 Å². The van der Waals surface area contributed by atoms with Gasteiger partial charge < -0.3 is 20.7 Å². The smallest absolute Gasteiger partial charge is 0.322 e. The lowest BCUT2D eigenvalue weighted by molar-refractivity contribution is 0.0564. The van der Waals surface area contributed by atoms with E-state index in [4.69, 9.17) is 10.5 Å². The molecule has 0 radical (unpaired) electrons. The summed E-state index contributed by atoms with van der Waals surface area (Å²) in [5.41, 5.74) is 8.48. The number of nitrogens with one attached hydrogen (secondary N) is 1. The Hall–Kier alpha value is -1.59. The van der Waals surface area contributed by atoms with Crippen molar-refractivity contribution >= 4 is 11.7 Å². The number of aryl methyl sites for hydroxylation is 1. The van der Waals surface area contributed by atoms with Gasteiger partial charge in [-0.05, 0) is 24.1 Å². The Balaban J connectivity index is 2.05. The molecule has 1 aliphatic rings. The highest BCUT2D eigenvalue weighted by atomic mass is 16.5. The van der Waals surface area contributed by atoms with E-state index >= 15 is 0 Å². The van der Waals surface area contributed by atoms with Crippen molar-refractivity contribution in [2.45, 2.75) is 13.5 Å². The molecule has 0 bridgehead atoms. The minimum Gasteiger partial charge on any atom is -0.378 e. The minimum atomic E-state index is -0.0735. The average molecular weight is 249 g/mol. The number of morpholine rings is 1. The van der Waals surface area contributed by atoms with Crippen molar-refractivity contribution in [3.8, 4) is 0 Å². The fourth-order valence-electron chi connectivity index (χ4n) is 1.89. The van der Waals surface area contributed by atoms with Crippen molar-refractivity contribution in [2.24, 2.45) is 5.73 Å². The second-order valence-corrected chi connectivity index (χ2v) is 4.38. The van der Waals surface area contributed by atoms with E-state index in [-0.39, 0.29) is 6.03 Å². The Labute approximate surface area is 107 Å². The lowest BCUT2D eigenvalue weighted by atomic mass is 10.1. The van der Waals surface area contributed by atoms with Crippen molar-refractivity contribution in [3.05, 3.63) is 29.3 Å². The van der Waals surface area contributed by atoms with Gasteiger partial charge in [0.15, 0.2) is 0 Å². The zero-order valence-corrected chi connectivity index (χ0v) is 10.6. The van der Waals surface area contributed by atoms with Crippen LogP contribution in [0.4, 0.5) is 10.5 Å². The summed E-state index contributed by atoms with van der Waals surface area (Å²) in [5.74, 6) is 0. The van der Waals surface area contributed by atoms with Crippen LogP contribution in [0.15, 0.2) is 18.2 Å². The summed E-state index contributed by atoms with van der Waals surface area (Å²) in [4.78, 5) is 13.8. The molecule has 1 fully saturated rings. The molecule has 3 N–H and O–H groups in total. The van der Waals surface area contributed by atoms with Crippen molar-refractivity contribution in [1.82, 2.24) is 4.90 Å². The first-order chi connectivity index (χ1) is 8.70. The van der Waals surface area contributed by atoms with Crippen LogP contribution in [-0.4, -0.2) is 37.2 Å². The first-order valence-electron chi connectivity index (χ1n) is 6.14. The van der Waals surface area contributed by atoms with Gasteiger partial charge in [0.2, 0.25) is 0 Å². The van der Waals surface area contributed by atoms with Gasteiger partial charge in [-0.25, -0.2) is 4.79 Å². The van der Waals surface area contributed by atoms with E-state index in [2.05, 4.69) is 5.32 Å². The molecule has 2 amide bonds. The molecule has 5 nitrogen and oxygen atoms in total. The van der Waals surface area contributed by atoms with Crippen LogP contribution in [0.1, 0.15) is 11.1 Å². The van der Waals surface area contributed by atoms with Gasteiger partial charge in [0.05, 0.1) is 13.2 Å². The topological polar surface area (TPSA) is 67.6 Å². The van der Waals surface area contributed by atoms with Crippen molar-refractivity contribution in [2.75, 3.05) is 31.6 Å². The number of ether oxygens (including phenoxy) is 1. The van der Waals surface area contributed by atoms with Crippen LogP contribution >= 0.6 is 0 Å². The number of hydrogen-bond donors (Lipinski definition) is 2. The molecule has 0 spiro atoms. The van der Waals surface area contributed by atoms with E-state index in [0.29, 0.717) is 32.8 Å². The number of benzene rings is 1. The van der Waals surface area contributed by atoms with Crippen LogP contribution in [0.3, 0.4) is 0 Å². The SMILES string of the molecule is Cc1ccc(CN)cc1NC(=O)N1CCOCC1. The van der Waals surface area contributed by atoms with Gasteiger partial charge in [-0.2, -0.15) is 0 Å². The Morgan fingerprint density at radius 1 is 1.44 bits per heavy atom. The summed E-state index contributed by atoms with van der Waals surface area (Å²) in [7, 11) is 0. The molecule has 1 heterocycles. The largest absolute Gasteiger partial charge is 0.378 e. The Morgan fingerprint density at radius 2 is 2.17 bits per heavy atom. The van der Waals surface area contributed by atoms with Gasteiger partial charge in [0.25, 0.3) is 0 Å². The van der Waals surface area contributed by atoms with Crippen molar-refractivity contribution in [3.63, 3.8) is 0 Å². The predicted molar refractivity (Wildman–Crippen MR) is 70.5 cm³/mol. The first-order valence-corrected chi connectivity index (χ1v) is 6.14. The highest BCUT2D eigenvalue weighted by Gasteiger charge is 2.17. The lowest BCUT2D eigenvalue weighted by Gasteiger charge is -2.27. The second-order valence-electron chi connectivity index (χ2n) is 4.38. The van der Waals surface area contributed by atoms with E-state index in [1.165, 1.54) is 0 Å². The summed E-state index contributed by atoms with van der Waals surface area (Å²) < 4.78 is 5.22. The highest BCUT2D eigenvalue weighted by Crippen LogP contribution is 2.17. The van der Waals surface area contributed by atoms with Crippen LogP contribution in [-0.2, 0) is 11.3 Å². The second kappa shape index (κ2) is 5.84. The normalized spacial score (nSPS) is 15.6. The zero-order chi connectivity index (χ0) is 13.0. The number of nitrogens with two attached hydrogens (primary N) is 1. The number of hydrogen-bond acceptors (Lipinski definition) is 3. The molecule has 98 valence electrons. The maximum atomic E-state index is 12.0. The molecular weight excluding hydrogens is 230 g/mol. The zero-order valence-electron chi connectivity index (χ0n) is 10.6. The third-order valence-electron chi connectivity index (χ3n) is 3.08. The Morgan fingerprint density at radius 3 is 2.83 bits per heavy atom. The number of nitrogens with zero attached hydrogens (tertiary/aromatic N) is 1. The molecule has 0 aliphatic carbocycles. The molecule has 1 aliphatic heterocycles. The molecule has 2 rings (SSSR count). The summed E-state index contributed by atoms with van der Waals surface area (Å²) in [6, 6.07) is 5.79. The van der Waals surface area contributed by atoms with Crippen LogP contribution in [0, 0.1) is 6.92 Å². The summed E-state index contributed by atoms with van der Waals surface area (Å²) in [5, 5.41) is 2.93. The standard InChI is InChI=1S/C13H19N3O2/c1-10-2-3-11(9-14)8-12(10)15-13(17)16-4-6-18-7-5-16/h2-3,8H,4-7,9,14H2,1H3,(H,15,17). The van der Waals surface area contributed by atoms with Gasteiger partial charge in [0, 0.05) is 25.3 Å². The maximum Gasteiger partial charge on any atom is 0.322 e. The summed E-state index contributed by atoms with van der Waals surface area (Å²) in [6.45, 7) is 4.93. The van der Waals surface area contributed by atoms with Crippen LogP contribution in [0.5, 0.6) is 0 Å². The fourth-order valence-corrected chi connectivity index (χ4v) is 1.89. The lowest BCUT2D eigenvalue weighted by Crippen LogP contribution is -2.43. The third kappa shape index (κ3) is 3.00. The number of carbonyl (C=O) groups excluding carboxylic acids is 1. The van der Waals surface area contributed by atoms with Gasteiger partial charge >= 0.3 is 6.03 Å². The molecule has 0 aromatic heterocycles. The van der Waals surface area contributed by atoms with Crippen LogP contribution in [0.25, 0.3) is 0 Å². The van der Waals surface area contributed by atoms with E-state index in [0.717, 1.165) is 16.8 Å². The molecule has 1 saturated heterocycles. The molecule has 18 heavy (non-hydrogen) atoms. The number of rotatable bonds is 2. The van der Waals surface area contributed by atoms with Crippen LogP contribution in [0.2, 0.25) is 0 Å². The number of anilines is 1. The van der Waals surface area contributed by atoms with Gasteiger partial charge in [-0.1, -0.05) is 12.1 Å². The fraction of sp³-hybridized carbons (Fsp3) is 0.462. The highest BCUT2D eigenvalue weighted by molar-refractivity contribution is 5.90. The molecule has 0 unspecified atom stereocenters. The number of amides is 2. The van der Waals surface area contributed by atoms with E-state index in [1.54, 1.807) is 4.90 Å². The number of carbonyl (C=O) groups is 1. The molecule has 0 atom stereocenters. The third-order valence-corrected chi connectivity index (χ3v) is 3.08. The Kier molecular flexibility index (Phi) is 4.17. The quantitative estimate of drug-likeness (QED) is 0.830. The van der Waals surface area contributed by atoms with Crippen molar-refractivity contribution in [1.29, 1.82) is 0 Å². The molecule has 1 aromatic rings. The van der Waals surface area contributed by atoms with Gasteiger partial charge in [-0.3, -0.25) is 0 Å². The first kappa shape index (κ1) is 12.9. The molecule has 0 saturated carbocycles. The van der Waals surface area contributed by atoms with E-state index in [9.17, 15) is 4.79 Å².